The molecule has 0 atom stereocenters. The highest BCUT2D eigenvalue weighted by atomic mass is 15.1. The Morgan fingerprint density at radius 1 is 1.13 bits per heavy atom. The van der Waals surface area contributed by atoms with Crippen LogP contribution in [0.5, 0.6) is 0 Å². The first-order valence-electron chi connectivity index (χ1n) is 5.95. The number of hydrogen-bond donors (Lipinski definition) is 0. The number of nitrogens with zero attached hydrogens (tertiary/aromatic N) is 1. The Labute approximate surface area is 94.1 Å². The predicted octanol–water partition coefficient (Wildman–Crippen LogP) is 3.87. The van der Waals surface area contributed by atoms with Gasteiger partial charge in [0.2, 0.25) is 0 Å². The van der Waals surface area contributed by atoms with Gasteiger partial charge in [0, 0.05) is 18.8 Å². The highest BCUT2D eigenvalue weighted by Gasteiger charge is 2.04. The molecular formula is C14H23N. The van der Waals surface area contributed by atoms with Crippen molar-refractivity contribution in [3.63, 3.8) is 0 Å². The standard InChI is InChI=1S/C14H23N/c1-5-15(11-10-12(2)3)14-8-6-13(4)7-9-14/h6-9,12H,5,10-11H2,1-4H3. The van der Waals surface area contributed by atoms with Crippen LogP contribution in [0.2, 0.25) is 0 Å². The van der Waals surface area contributed by atoms with Gasteiger partial charge in [0.1, 0.15) is 0 Å². The summed E-state index contributed by atoms with van der Waals surface area (Å²) in [4.78, 5) is 2.44. The minimum atomic E-state index is 0.782. The lowest BCUT2D eigenvalue weighted by Gasteiger charge is -2.24. The van der Waals surface area contributed by atoms with Crippen molar-refractivity contribution in [3.05, 3.63) is 29.8 Å². The largest absolute Gasteiger partial charge is 0.372 e. The van der Waals surface area contributed by atoms with Gasteiger partial charge in [-0.25, -0.2) is 0 Å². The summed E-state index contributed by atoms with van der Waals surface area (Å²) in [6, 6.07) is 8.82. The second-order valence-corrected chi connectivity index (χ2v) is 4.60. The molecule has 84 valence electrons. The van der Waals surface area contributed by atoms with Crippen LogP contribution in [0.3, 0.4) is 0 Å². The van der Waals surface area contributed by atoms with Gasteiger partial charge in [0.05, 0.1) is 0 Å². The van der Waals surface area contributed by atoms with E-state index >= 15 is 0 Å². The monoisotopic (exact) mass is 205 g/mol. The second kappa shape index (κ2) is 5.79. The van der Waals surface area contributed by atoms with Crippen molar-refractivity contribution in [1.29, 1.82) is 0 Å². The molecule has 0 N–H and O–H groups in total. The SMILES string of the molecule is CCN(CCC(C)C)c1ccc(C)cc1. The van der Waals surface area contributed by atoms with Crippen LogP contribution in [0.25, 0.3) is 0 Å². The van der Waals surface area contributed by atoms with Crippen LogP contribution in [0.4, 0.5) is 5.69 Å². The van der Waals surface area contributed by atoms with Gasteiger partial charge >= 0.3 is 0 Å². The number of hydrogen-bond acceptors (Lipinski definition) is 1. The molecule has 0 unspecified atom stereocenters. The number of rotatable bonds is 5. The molecule has 0 bridgehead atoms. The third-order valence-corrected chi connectivity index (χ3v) is 2.76. The lowest BCUT2D eigenvalue weighted by molar-refractivity contribution is 0.576. The molecule has 1 aromatic rings. The molecule has 1 aromatic carbocycles. The van der Waals surface area contributed by atoms with Gasteiger partial charge in [-0.15, -0.1) is 0 Å². The average molecular weight is 205 g/mol. The molecule has 0 saturated heterocycles. The van der Waals surface area contributed by atoms with E-state index in [1.54, 1.807) is 0 Å². The van der Waals surface area contributed by atoms with Gasteiger partial charge in [-0.3, -0.25) is 0 Å². The Bertz CT molecular complexity index is 274. The quantitative estimate of drug-likeness (QED) is 0.705. The fraction of sp³-hybridized carbons (Fsp3) is 0.571. The molecule has 0 spiro atoms. The molecule has 0 aromatic heterocycles. The van der Waals surface area contributed by atoms with E-state index in [-0.39, 0.29) is 0 Å². The molecule has 0 radical (unpaired) electrons. The van der Waals surface area contributed by atoms with Gasteiger partial charge in [-0.1, -0.05) is 31.5 Å². The number of anilines is 1. The summed E-state index contributed by atoms with van der Waals surface area (Å²) < 4.78 is 0. The summed E-state index contributed by atoms with van der Waals surface area (Å²) in [5, 5.41) is 0. The Morgan fingerprint density at radius 3 is 2.20 bits per heavy atom. The molecule has 1 nitrogen and oxygen atoms in total. The highest BCUT2D eigenvalue weighted by molar-refractivity contribution is 5.47. The minimum absolute atomic E-state index is 0.782. The highest BCUT2D eigenvalue weighted by Crippen LogP contribution is 2.16. The summed E-state index contributed by atoms with van der Waals surface area (Å²) in [5.41, 5.74) is 2.68. The molecule has 0 aliphatic rings. The van der Waals surface area contributed by atoms with E-state index in [4.69, 9.17) is 0 Å². The number of aryl methyl sites for hydroxylation is 1. The molecule has 0 aliphatic heterocycles. The average Bonchev–Trinajstić information content (AvgIpc) is 2.21. The molecule has 1 heteroatoms. The Kier molecular flexibility index (Phi) is 4.67. The zero-order valence-electron chi connectivity index (χ0n) is 10.5. The smallest absolute Gasteiger partial charge is 0.0366 e. The molecule has 0 amide bonds. The van der Waals surface area contributed by atoms with Crippen molar-refractivity contribution in [1.82, 2.24) is 0 Å². The predicted molar refractivity (Wildman–Crippen MR) is 68.5 cm³/mol. The molecule has 15 heavy (non-hydrogen) atoms. The van der Waals surface area contributed by atoms with Crippen molar-refractivity contribution in [3.8, 4) is 0 Å². The first kappa shape index (κ1) is 12.1. The van der Waals surface area contributed by atoms with E-state index in [2.05, 4.69) is 56.9 Å². The van der Waals surface area contributed by atoms with Crippen molar-refractivity contribution >= 4 is 5.69 Å². The van der Waals surface area contributed by atoms with E-state index in [1.165, 1.54) is 17.7 Å². The normalized spacial score (nSPS) is 10.7. The van der Waals surface area contributed by atoms with Crippen LogP contribution in [-0.4, -0.2) is 13.1 Å². The Balaban J connectivity index is 2.61. The molecule has 0 aliphatic carbocycles. The maximum Gasteiger partial charge on any atom is 0.0366 e. The first-order valence-corrected chi connectivity index (χ1v) is 5.95. The van der Waals surface area contributed by atoms with Crippen LogP contribution in [0, 0.1) is 12.8 Å². The van der Waals surface area contributed by atoms with E-state index in [0.717, 1.165) is 19.0 Å². The molecule has 0 saturated carbocycles. The number of benzene rings is 1. The van der Waals surface area contributed by atoms with E-state index in [9.17, 15) is 0 Å². The second-order valence-electron chi connectivity index (χ2n) is 4.60. The maximum absolute atomic E-state index is 2.44. The zero-order valence-corrected chi connectivity index (χ0v) is 10.5. The van der Waals surface area contributed by atoms with E-state index in [0.29, 0.717) is 0 Å². The van der Waals surface area contributed by atoms with Crippen LogP contribution < -0.4 is 4.90 Å². The Morgan fingerprint density at radius 2 is 1.73 bits per heavy atom. The summed E-state index contributed by atoms with van der Waals surface area (Å²) in [6.45, 7) is 11.2. The molecule has 0 heterocycles. The van der Waals surface area contributed by atoms with Gasteiger partial charge in [0.15, 0.2) is 0 Å². The van der Waals surface area contributed by atoms with E-state index < -0.39 is 0 Å². The third kappa shape index (κ3) is 3.94. The van der Waals surface area contributed by atoms with Crippen molar-refractivity contribution in [2.24, 2.45) is 5.92 Å². The molecular weight excluding hydrogens is 182 g/mol. The zero-order chi connectivity index (χ0) is 11.3. The first-order chi connectivity index (χ1) is 7.13. The fourth-order valence-electron chi connectivity index (χ4n) is 1.64. The van der Waals surface area contributed by atoms with E-state index in [1.807, 2.05) is 0 Å². The van der Waals surface area contributed by atoms with Crippen molar-refractivity contribution < 1.29 is 0 Å². The molecule has 1 rings (SSSR count). The van der Waals surface area contributed by atoms with Crippen molar-refractivity contribution in [2.45, 2.75) is 34.1 Å². The molecule has 0 fully saturated rings. The van der Waals surface area contributed by atoms with Gasteiger partial charge in [0.25, 0.3) is 0 Å². The van der Waals surface area contributed by atoms with Gasteiger partial charge in [-0.2, -0.15) is 0 Å². The summed E-state index contributed by atoms with van der Waals surface area (Å²) in [7, 11) is 0. The van der Waals surface area contributed by atoms with Crippen molar-refractivity contribution in [2.75, 3.05) is 18.0 Å². The van der Waals surface area contributed by atoms with Crippen LogP contribution >= 0.6 is 0 Å². The van der Waals surface area contributed by atoms with Crippen LogP contribution in [0.15, 0.2) is 24.3 Å². The summed E-state index contributed by atoms with van der Waals surface area (Å²) in [6.07, 6.45) is 1.27. The summed E-state index contributed by atoms with van der Waals surface area (Å²) >= 11 is 0. The lowest BCUT2D eigenvalue weighted by atomic mass is 10.1. The maximum atomic E-state index is 2.44. The van der Waals surface area contributed by atoms with Crippen LogP contribution in [0.1, 0.15) is 32.8 Å². The van der Waals surface area contributed by atoms with Gasteiger partial charge < -0.3 is 4.90 Å². The topological polar surface area (TPSA) is 3.24 Å². The lowest BCUT2D eigenvalue weighted by Crippen LogP contribution is -2.24. The Hall–Kier alpha value is -0.980. The van der Waals surface area contributed by atoms with Crippen LogP contribution in [-0.2, 0) is 0 Å². The summed E-state index contributed by atoms with van der Waals surface area (Å²) in [5.74, 6) is 0.782. The minimum Gasteiger partial charge on any atom is -0.372 e. The third-order valence-electron chi connectivity index (χ3n) is 2.76. The fourth-order valence-corrected chi connectivity index (χ4v) is 1.64. The van der Waals surface area contributed by atoms with Gasteiger partial charge in [-0.05, 0) is 38.3 Å².